The fourth-order valence-corrected chi connectivity index (χ4v) is 3.31. The normalized spacial score (nSPS) is 17.6. The molecule has 0 radical (unpaired) electrons. The SMILES string of the molecule is CC(C)(C)OC(=O)N1CCC(c2cccc(-c3ccccc3)c2N)C1. The predicted octanol–water partition coefficient (Wildman–Crippen LogP) is 4.66. The van der Waals surface area contributed by atoms with Crippen molar-refractivity contribution in [1.29, 1.82) is 0 Å². The van der Waals surface area contributed by atoms with Crippen LogP contribution < -0.4 is 5.73 Å². The summed E-state index contributed by atoms with van der Waals surface area (Å²) in [4.78, 5) is 14.1. The summed E-state index contributed by atoms with van der Waals surface area (Å²) < 4.78 is 5.48. The van der Waals surface area contributed by atoms with Crippen LogP contribution in [0.5, 0.6) is 0 Å². The van der Waals surface area contributed by atoms with Crippen molar-refractivity contribution in [3.8, 4) is 11.1 Å². The van der Waals surface area contributed by atoms with E-state index in [0.717, 1.165) is 28.8 Å². The molecular formula is C21H26N2O2. The van der Waals surface area contributed by atoms with Crippen molar-refractivity contribution < 1.29 is 9.53 Å². The first-order valence-corrected chi connectivity index (χ1v) is 8.77. The van der Waals surface area contributed by atoms with Crippen LogP contribution in [0, 0.1) is 0 Å². The van der Waals surface area contributed by atoms with Crippen molar-refractivity contribution in [3.63, 3.8) is 0 Å². The highest BCUT2D eigenvalue weighted by atomic mass is 16.6. The lowest BCUT2D eigenvalue weighted by atomic mass is 9.92. The van der Waals surface area contributed by atoms with Crippen LogP contribution in [0.3, 0.4) is 0 Å². The number of amides is 1. The van der Waals surface area contributed by atoms with Gasteiger partial charge in [0, 0.05) is 30.3 Å². The molecule has 1 unspecified atom stereocenters. The summed E-state index contributed by atoms with van der Waals surface area (Å²) in [6, 6.07) is 16.3. The Bertz CT molecular complexity index is 750. The Labute approximate surface area is 149 Å². The number of para-hydroxylation sites is 1. The number of hydrogen-bond acceptors (Lipinski definition) is 3. The monoisotopic (exact) mass is 338 g/mol. The molecule has 3 rings (SSSR count). The van der Waals surface area contributed by atoms with Gasteiger partial charge < -0.3 is 15.4 Å². The minimum atomic E-state index is -0.471. The Kier molecular flexibility index (Phi) is 4.71. The first-order chi connectivity index (χ1) is 11.8. The number of likely N-dealkylation sites (tertiary alicyclic amines) is 1. The predicted molar refractivity (Wildman–Crippen MR) is 101 cm³/mol. The second-order valence-electron chi connectivity index (χ2n) is 7.59. The maximum Gasteiger partial charge on any atom is 0.410 e. The Hall–Kier alpha value is -2.49. The number of hydrogen-bond donors (Lipinski definition) is 1. The maximum atomic E-state index is 12.3. The molecule has 1 aliphatic heterocycles. The number of benzene rings is 2. The first kappa shape index (κ1) is 17.3. The number of carbonyl (C=O) groups is 1. The van der Waals surface area contributed by atoms with E-state index in [4.69, 9.17) is 10.5 Å². The third-order valence-electron chi connectivity index (χ3n) is 4.50. The standard InChI is InChI=1S/C21H26N2O2/c1-21(2,3)25-20(24)23-13-12-16(14-23)18-11-7-10-17(19(18)22)15-8-5-4-6-9-15/h4-11,16H,12-14,22H2,1-3H3. The van der Waals surface area contributed by atoms with Gasteiger partial charge in [0.25, 0.3) is 0 Å². The van der Waals surface area contributed by atoms with Gasteiger partial charge in [-0.2, -0.15) is 0 Å². The van der Waals surface area contributed by atoms with Gasteiger partial charge in [0.2, 0.25) is 0 Å². The van der Waals surface area contributed by atoms with Gasteiger partial charge in [-0.3, -0.25) is 0 Å². The third kappa shape index (κ3) is 3.95. The zero-order valence-electron chi connectivity index (χ0n) is 15.2. The van der Waals surface area contributed by atoms with E-state index in [-0.39, 0.29) is 12.0 Å². The van der Waals surface area contributed by atoms with Crippen molar-refractivity contribution >= 4 is 11.8 Å². The molecule has 2 aromatic carbocycles. The van der Waals surface area contributed by atoms with Gasteiger partial charge in [-0.15, -0.1) is 0 Å². The summed E-state index contributed by atoms with van der Waals surface area (Å²) in [6.07, 6.45) is 0.662. The Balaban J connectivity index is 1.79. The van der Waals surface area contributed by atoms with Crippen LogP contribution in [0.2, 0.25) is 0 Å². The van der Waals surface area contributed by atoms with E-state index in [1.807, 2.05) is 45.0 Å². The molecule has 1 amide bonds. The number of carbonyl (C=O) groups excluding carboxylic acids is 1. The highest BCUT2D eigenvalue weighted by Crippen LogP contribution is 2.36. The van der Waals surface area contributed by atoms with Crippen LogP contribution in [-0.2, 0) is 4.74 Å². The smallest absolute Gasteiger partial charge is 0.410 e. The zero-order valence-corrected chi connectivity index (χ0v) is 15.2. The molecule has 0 aromatic heterocycles. The third-order valence-corrected chi connectivity index (χ3v) is 4.50. The minimum Gasteiger partial charge on any atom is -0.444 e. The summed E-state index contributed by atoms with van der Waals surface area (Å²) in [6.45, 7) is 7.02. The maximum absolute atomic E-state index is 12.3. The lowest BCUT2D eigenvalue weighted by Crippen LogP contribution is -2.35. The molecule has 4 nitrogen and oxygen atoms in total. The summed E-state index contributed by atoms with van der Waals surface area (Å²) in [5.41, 5.74) is 10.1. The van der Waals surface area contributed by atoms with E-state index in [1.165, 1.54) is 0 Å². The topological polar surface area (TPSA) is 55.6 Å². The van der Waals surface area contributed by atoms with Gasteiger partial charge in [0.1, 0.15) is 5.60 Å². The van der Waals surface area contributed by atoms with Crippen LogP contribution in [-0.4, -0.2) is 29.7 Å². The van der Waals surface area contributed by atoms with E-state index >= 15 is 0 Å². The summed E-state index contributed by atoms with van der Waals surface area (Å²) in [5, 5.41) is 0. The van der Waals surface area contributed by atoms with Crippen molar-refractivity contribution in [2.75, 3.05) is 18.8 Å². The molecule has 0 spiro atoms. The molecule has 1 saturated heterocycles. The van der Waals surface area contributed by atoms with Crippen LogP contribution in [0.1, 0.15) is 38.7 Å². The molecule has 1 atom stereocenters. The van der Waals surface area contributed by atoms with Gasteiger partial charge in [-0.25, -0.2) is 4.79 Å². The molecular weight excluding hydrogens is 312 g/mol. The molecule has 25 heavy (non-hydrogen) atoms. The van der Waals surface area contributed by atoms with Crippen molar-refractivity contribution in [3.05, 3.63) is 54.1 Å². The molecule has 2 aromatic rings. The second-order valence-corrected chi connectivity index (χ2v) is 7.59. The average molecular weight is 338 g/mol. The molecule has 2 N–H and O–H groups in total. The molecule has 132 valence electrons. The van der Waals surface area contributed by atoms with Crippen molar-refractivity contribution in [1.82, 2.24) is 4.90 Å². The largest absolute Gasteiger partial charge is 0.444 e. The van der Waals surface area contributed by atoms with Crippen LogP contribution in [0.25, 0.3) is 11.1 Å². The van der Waals surface area contributed by atoms with E-state index in [9.17, 15) is 4.79 Å². The Morgan fingerprint density at radius 1 is 1.12 bits per heavy atom. The number of anilines is 1. The highest BCUT2D eigenvalue weighted by Gasteiger charge is 2.31. The fraction of sp³-hybridized carbons (Fsp3) is 0.381. The summed E-state index contributed by atoms with van der Waals surface area (Å²) in [5.74, 6) is 0.246. The van der Waals surface area contributed by atoms with E-state index in [1.54, 1.807) is 4.90 Å². The van der Waals surface area contributed by atoms with E-state index in [2.05, 4.69) is 24.3 Å². The van der Waals surface area contributed by atoms with Gasteiger partial charge in [-0.1, -0.05) is 48.5 Å². The first-order valence-electron chi connectivity index (χ1n) is 8.77. The Morgan fingerprint density at radius 3 is 2.52 bits per heavy atom. The van der Waals surface area contributed by atoms with Crippen LogP contribution in [0.4, 0.5) is 10.5 Å². The number of nitrogens with zero attached hydrogens (tertiary/aromatic N) is 1. The number of rotatable bonds is 2. The molecule has 1 heterocycles. The van der Waals surface area contributed by atoms with E-state index in [0.29, 0.717) is 13.1 Å². The second kappa shape index (κ2) is 6.79. The molecule has 0 bridgehead atoms. The van der Waals surface area contributed by atoms with E-state index < -0.39 is 5.60 Å². The number of ether oxygens (including phenoxy) is 1. The van der Waals surface area contributed by atoms with Crippen LogP contribution in [0.15, 0.2) is 48.5 Å². The lowest BCUT2D eigenvalue weighted by molar-refractivity contribution is 0.0292. The van der Waals surface area contributed by atoms with Gasteiger partial charge in [0.05, 0.1) is 0 Å². The fourth-order valence-electron chi connectivity index (χ4n) is 3.31. The Morgan fingerprint density at radius 2 is 1.84 bits per heavy atom. The molecule has 4 heteroatoms. The number of nitrogens with two attached hydrogens (primary N) is 1. The zero-order chi connectivity index (χ0) is 18.0. The molecule has 0 aliphatic carbocycles. The van der Waals surface area contributed by atoms with Gasteiger partial charge >= 0.3 is 6.09 Å². The highest BCUT2D eigenvalue weighted by molar-refractivity contribution is 5.79. The average Bonchev–Trinajstić information content (AvgIpc) is 3.04. The molecule has 1 aliphatic rings. The van der Waals surface area contributed by atoms with Gasteiger partial charge in [0.15, 0.2) is 0 Å². The summed E-state index contributed by atoms with van der Waals surface area (Å²) >= 11 is 0. The molecule has 0 saturated carbocycles. The minimum absolute atomic E-state index is 0.243. The van der Waals surface area contributed by atoms with Crippen molar-refractivity contribution in [2.24, 2.45) is 0 Å². The number of nitrogen functional groups attached to an aromatic ring is 1. The lowest BCUT2D eigenvalue weighted by Gasteiger charge is -2.24. The van der Waals surface area contributed by atoms with Crippen molar-refractivity contribution in [2.45, 2.75) is 38.7 Å². The molecule has 1 fully saturated rings. The quantitative estimate of drug-likeness (QED) is 0.810. The summed E-state index contributed by atoms with van der Waals surface area (Å²) in [7, 11) is 0. The van der Waals surface area contributed by atoms with Crippen LogP contribution >= 0.6 is 0 Å². The van der Waals surface area contributed by atoms with Gasteiger partial charge in [-0.05, 0) is 38.3 Å².